The Morgan fingerprint density at radius 2 is 1.37 bits per heavy atom. The van der Waals surface area contributed by atoms with E-state index in [1.807, 2.05) is 50.2 Å². The Hall–Kier alpha value is -0.0381. The molecule has 0 N–H and O–H groups in total. The Morgan fingerprint density at radius 3 is 1.74 bits per heavy atom. The summed E-state index contributed by atoms with van der Waals surface area (Å²) in [5, 5.41) is 11.4. The number of carboxylic acid groups (broad SMARTS) is 1. The minimum Gasteiger partial charge on any atom is -0.549 e. The van der Waals surface area contributed by atoms with Gasteiger partial charge in [-0.3, -0.25) is 0 Å². The van der Waals surface area contributed by atoms with Crippen LogP contribution in [0.2, 0.25) is 0 Å². The summed E-state index contributed by atoms with van der Waals surface area (Å²) >= 11 is 0. The molecule has 0 bridgehead atoms. The number of aryl methyl sites for hydroxylation is 2. The molecule has 0 aromatic heterocycles. The molecule has 3 rings (SSSR count). The number of carboxylic acids is 1. The van der Waals surface area contributed by atoms with E-state index in [1.54, 1.807) is 0 Å². The van der Waals surface area contributed by atoms with Crippen molar-refractivity contribution in [3.8, 4) is 11.1 Å². The summed E-state index contributed by atoms with van der Waals surface area (Å²) in [6, 6.07) is 11.9. The summed E-state index contributed by atoms with van der Waals surface area (Å²) in [5.74, 6) is -1.65. The number of aliphatic carboxylic acids is 1. The van der Waals surface area contributed by atoms with Crippen LogP contribution in [0.3, 0.4) is 0 Å². The second kappa shape index (κ2) is 5.76. The minimum atomic E-state index is -1.02. The van der Waals surface area contributed by atoms with Crippen LogP contribution in [0.1, 0.15) is 28.2 Å². The van der Waals surface area contributed by atoms with E-state index in [4.69, 9.17) is 0 Å². The van der Waals surface area contributed by atoms with Gasteiger partial charge in [0.05, 0.1) is 5.97 Å². The Kier molecular flexibility index (Phi) is 4.65. The molecule has 0 unspecified atom stereocenters. The quantitative estimate of drug-likeness (QED) is 0.658. The van der Waals surface area contributed by atoms with Gasteiger partial charge in [0.15, 0.2) is 0 Å². The molecule has 0 atom stereocenters. The number of carbonyl (C=O) groups excluding carboxylic acids is 1. The number of fused-ring (bicyclic) bond motifs is 3. The number of hydrogen-bond acceptors (Lipinski definition) is 2. The van der Waals surface area contributed by atoms with Crippen LogP contribution in [-0.2, 0) is 4.79 Å². The number of hydrogen-bond donors (Lipinski definition) is 0. The summed E-state index contributed by atoms with van der Waals surface area (Å²) in [5.41, 5.74) is 5.90. The van der Waals surface area contributed by atoms with Crippen molar-refractivity contribution in [2.24, 2.45) is 0 Å². The van der Waals surface area contributed by atoms with E-state index in [0.29, 0.717) is 0 Å². The van der Waals surface area contributed by atoms with E-state index in [0.717, 1.165) is 33.4 Å². The van der Waals surface area contributed by atoms with Crippen molar-refractivity contribution in [2.45, 2.75) is 19.8 Å². The average molecular weight is 370 g/mol. The molecule has 0 saturated heterocycles. The molecule has 2 nitrogen and oxygen atoms in total. The van der Waals surface area contributed by atoms with Crippen LogP contribution in [0.4, 0.5) is 0 Å². The third kappa shape index (κ3) is 2.60. The predicted octanol–water partition coefficient (Wildman–Crippen LogP) is -0.830. The van der Waals surface area contributed by atoms with Crippen LogP contribution in [0.15, 0.2) is 36.4 Å². The Morgan fingerprint density at radius 1 is 0.947 bits per heavy atom. The van der Waals surface area contributed by atoms with Crippen molar-refractivity contribution in [1.82, 2.24) is 0 Å². The molecule has 0 amide bonds. The first-order valence-corrected chi connectivity index (χ1v) is 6.00. The summed E-state index contributed by atoms with van der Waals surface area (Å²) in [6.45, 7) is 3.95. The molecule has 0 radical (unpaired) electrons. The van der Waals surface area contributed by atoms with Gasteiger partial charge in [-0.25, -0.2) is 0 Å². The first-order chi connectivity index (χ1) is 8.58. The third-order valence-electron chi connectivity index (χ3n) is 3.56. The zero-order valence-electron chi connectivity index (χ0n) is 11.4. The van der Waals surface area contributed by atoms with E-state index in [-0.39, 0.29) is 68.9 Å². The minimum absolute atomic E-state index is 0. The van der Waals surface area contributed by atoms with Gasteiger partial charge in [0.1, 0.15) is 0 Å². The van der Waals surface area contributed by atoms with Gasteiger partial charge < -0.3 is 9.90 Å². The smallest absolute Gasteiger partial charge is 0.549 e. The van der Waals surface area contributed by atoms with Crippen molar-refractivity contribution in [1.29, 1.82) is 0 Å². The monoisotopic (exact) mass is 370 g/mol. The molecule has 3 heteroatoms. The molecule has 90 valence electrons. The van der Waals surface area contributed by atoms with Crippen LogP contribution in [0.25, 0.3) is 11.1 Å². The molecule has 0 fully saturated rings. The van der Waals surface area contributed by atoms with Crippen molar-refractivity contribution in [2.75, 3.05) is 0 Å². The average Bonchev–Trinajstić information content (AvgIpc) is 2.60. The molecule has 0 spiro atoms. The van der Waals surface area contributed by atoms with Crippen molar-refractivity contribution >= 4 is 5.97 Å². The van der Waals surface area contributed by atoms with Crippen molar-refractivity contribution in [3.63, 3.8) is 0 Å². The molecular weight excluding hydrogens is 357 g/mol. The molecule has 1 aliphatic carbocycles. The maximum atomic E-state index is 11.4. The molecule has 19 heavy (non-hydrogen) atoms. The van der Waals surface area contributed by atoms with Gasteiger partial charge in [0, 0.05) is 5.92 Å². The van der Waals surface area contributed by atoms with Gasteiger partial charge in [0.2, 0.25) is 0 Å². The fraction of sp³-hybridized carbons (Fsp3) is 0.188. The van der Waals surface area contributed by atoms with Gasteiger partial charge in [-0.05, 0) is 36.1 Å². The SMILES string of the molecule is Cc1ccc2c(c1)C(C(=O)[O-])c1cc(C)ccc1-2.[Cs+]. The summed E-state index contributed by atoms with van der Waals surface area (Å²) < 4.78 is 0. The van der Waals surface area contributed by atoms with Gasteiger partial charge in [-0.1, -0.05) is 47.5 Å². The van der Waals surface area contributed by atoms with Gasteiger partial charge in [-0.2, -0.15) is 0 Å². The first kappa shape index (κ1) is 15.4. The molecule has 2 aromatic rings. The zero-order chi connectivity index (χ0) is 12.9. The van der Waals surface area contributed by atoms with E-state index in [2.05, 4.69) is 0 Å². The van der Waals surface area contributed by atoms with Crippen LogP contribution >= 0.6 is 0 Å². The second-order valence-corrected chi connectivity index (χ2v) is 4.93. The Labute approximate surface area is 171 Å². The second-order valence-electron chi connectivity index (χ2n) is 4.93. The van der Waals surface area contributed by atoms with E-state index in [1.165, 1.54) is 0 Å². The Bertz CT molecular complexity index is 610. The molecule has 0 saturated carbocycles. The standard InChI is InChI=1S/C16H14O2.Cs/c1-9-3-5-11-12-6-4-10(2)8-14(12)15(16(17)18)13(11)7-9;/h3-8,15H,1-2H3,(H,17,18);/q;+1/p-1. The number of benzene rings is 2. The molecule has 2 aromatic carbocycles. The normalized spacial score (nSPS) is 12.5. The largest absolute Gasteiger partial charge is 1.00 e. The topological polar surface area (TPSA) is 40.1 Å². The van der Waals surface area contributed by atoms with Crippen LogP contribution in [-0.4, -0.2) is 5.97 Å². The van der Waals surface area contributed by atoms with Crippen molar-refractivity contribution in [3.05, 3.63) is 58.7 Å². The fourth-order valence-corrected chi connectivity index (χ4v) is 2.75. The maximum Gasteiger partial charge on any atom is 1.00 e. The van der Waals surface area contributed by atoms with E-state index < -0.39 is 11.9 Å². The number of rotatable bonds is 1. The zero-order valence-corrected chi connectivity index (χ0v) is 17.6. The first-order valence-electron chi connectivity index (χ1n) is 6.00. The van der Waals surface area contributed by atoms with Gasteiger partial charge >= 0.3 is 68.9 Å². The van der Waals surface area contributed by atoms with Crippen LogP contribution < -0.4 is 74.0 Å². The maximum absolute atomic E-state index is 11.4. The fourth-order valence-electron chi connectivity index (χ4n) is 2.75. The Balaban J connectivity index is 0.00000133. The summed E-state index contributed by atoms with van der Waals surface area (Å²) in [6.07, 6.45) is 0. The summed E-state index contributed by atoms with van der Waals surface area (Å²) in [7, 11) is 0. The van der Waals surface area contributed by atoms with E-state index in [9.17, 15) is 9.90 Å². The van der Waals surface area contributed by atoms with Crippen LogP contribution in [0.5, 0.6) is 0 Å². The third-order valence-corrected chi connectivity index (χ3v) is 3.56. The predicted molar refractivity (Wildman–Crippen MR) is 68.2 cm³/mol. The molecule has 0 aliphatic heterocycles. The van der Waals surface area contributed by atoms with Crippen LogP contribution in [0, 0.1) is 13.8 Å². The molecule has 1 aliphatic rings. The van der Waals surface area contributed by atoms with Gasteiger partial charge in [-0.15, -0.1) is 0 Å². The molecule has 0 heterocycles. The number of carbonyl (C=O) groups is 1. The van der Waals surface area contributed by atoms with Crippen molar-refractivity contribution < 1.29 is 78.8 Å². The molecular formula is C16H13CsO2. The van der Waals surface area contributed by atoms with Gasteiger partial charge in [0.25, 0.3) is 0 Å². The van der Waals surface area contributed by atoms with E-state index >= 15 is 0 Å². The summed E-state index contributed by atoms with van der Waals surface area (Å²) in [4.78, 5) is 11.4.